The highest BCUT2D eigenvalue weighted by molar-refractivity contribution is 8.22. The van der Waals surface area contributed by atoms with E-state index in [0.29, 0.717) is 15.8 Å². The largest absolute Gasteiger partial charge is 0.497 e. The summed E-state index contributed by atoms with van der Waals surface area (Å²) < 4.78 is 5.63. The standard InChI is InChI=1S/C15H13ClN2O3S2/c1-21-12-5-2-10(3-6-12)9-23-15(22)17-11-4-7-13(16)14(8-11)18(19)20/h2-8H,9H2,1H3,(H,17,22). The summed E-state index contributed by atoms with van der Waals surface area (Å²) in [6.45, 7) is 0. The van der Waals surface area contributed by atoms with E-state index >= 15 is 0 Å². The summed E-state index contributed by atoms with van der Waals surface area (Å²) in [5, 5.41) is 13.9. The number of hydrogen-bond acceptors (Lipinski definition) is 5. The van der Waals surface area contributed by atoms with Gasteiger partial charge in [0.1, 0.15) is 15.1 Å². The Labute approximate surface area is 148 Å². The molecule has 0 fully saturated rings. The molecule has 2 aromatic rings. The summed E-state index contributed by atoms with van der Waals surface area (Å²) in [6.07, 6.45) is 0. The summed E-state index contributed by atoms with van der Waals surface area (Å²) in [5.41, 5.74) is 1.48. The van der Waals surface area contributed by atoms with Crippen LogP contribution in [-0.2, 0) is 5.75 Å². The Bertz CT molecular complexity index is 723. The quantitative estimate of drug-likeness (QED) is 0.460. The van der Waals surface area contributed by atoms with Crippen LogP contribution in [0.1, 0.15) is 5.56 Å². The van der Waals surface area contributed by atoms with Crippen molar-refractivity contribution in [3.63, 3.8) is 0 Å². The van der Waals surface area contributed by atoms with Crippen LogP contribution in [0, 0.1) is 10.1 Å². The van der Waals surface area contributed by atoms with Gasteiger partial charge in [0.25, 0.3) is 5.69 Å². The van der Waals surface area contributed by atoms with Crippen LogP contribution in [0.5, 0.6) is 5.75 Å². The Morgan fingerprint density at radius 3 is 2.65 bits per heavy atom. The van der Waals surface area contributed by atoms with Gasteiger partial charge in [-0.3, -0.25) is 10.1 Å². The summed E-state index contributed by atoms with van der Waals surface area (Å²) in [5.74, 6) is 1.49. The van der Waals surface area contributed by atoms with Gasteiger partial charge < -0.3 is 10.1 Å². The van der Waals surface area contributed by atoms with E-state index in [-0.39, 0.29) is 10.7 Å². The second-order valence-corrected chi connectivity index (χ2v) is 6.53. The molecule has 0 bridgehead atoms. The first-order valence-electron chi connectivity index (χ1n) is 6.50. The molecule has 120 valence electrons. The molecule has 0 aliphatic rings. The molecule has 0 aromatic heterocycles. The molecule has 23 heavy (non-hydrogen) atoms. The maximum Gasteiger partial charge on any atom is 0.289 e. The van der Waals surface area contributed by atoms with Gasteiger partial charge >= 0.3 is 0 Å². The first kappa shape index (κ1) is 17.5. The van der Waals surface area contributed by atoms with Gasteiger partial charge in [0.05, 0.1) is 12.0 Å². The molecule has 5 nitrogen and oxygen atoms in total. The monoisotopic (exact) mass is 368 g/mol. The summed E-state index contributed by atoms with van der Waals surface area (Å²) in [6, 6.07) is 12.2. The summed E-state index contributed by atoms with van der Waals surface area (Å²) >= 11 is 12.5. The predicted octanol–water partition coefficient (Wildman–Crippen LogP) is 4.89. The average Bonchev–Trinajstić information content (AvgIpc) is 2.55. The number of nitro groups is 1. The first-order valence-corrected chi connectivity index (χ1v) is 8.27. The van der Waals surface area contributed by atoms with Crippen LogP contribution in [-0.4, -0.2) is 16.4 Å². The molecule has 1 N–H and O–H groups in total. The van der Waals surface area contributed by atoms with Crippen molar-refractivity contribution in [1.29, 1.82) is 0 Å². The first-order chi connectivity index (χ1) is 11.0. The minimum atomic E-state index is -0.527. The maximum absolute atomic E-state index is 10.9. The molecule has 0 aliphatic carbocycles. The average molecular weight is 369 g/mol. The van der Waals surface area contributed by atoms with Crippen LogP contribution in [0.4, 0.5) is 11.4 Å². The molecule has 0 atom stereocenters. The molecule has 8 heteroatoms. The molecule has 0 saturated heterocycles. The smallest absolute Gasteiger partial charge is 0.289 e. The highest BCUT2D eigenvalue weighted by Gasteiger charge is 2.13. The Morgan fingerprint density at radius 2 is 2.04 bits per heavy atom. The zero-order valence-electron chi connectivity index (χ0n) is 12.1. The third kappa shape index (κ3) is 5.09. The van der Waals surface area contributed by atoms with E-state index in [1.54, 1.807) is 13.2 Å². The fraction of sp³-hybridized carbons (Fsp3) is 0.133. The molecule has 0 spiro atoms. The lowest BCUT2D eigenvalue weighted by molar-refractivity contribution is -0.384. The van der Waals surface area contributed by atoms with Crippen LogP contribution < -0.4 is 10.1 Å². The van der Waals surface area contributed by atoms with Crippen molar-refractivity contribution >= 4 is 51.3 Å². The molecule has 0 saturated carbocycles. The Balaban J connectivity index is 1.94. The van der Waals surface area contributed by atoms with E-state index in [4.69, 9.17) is 28.6 Å². The number of nitrogens with one attached hydrogen (secondary N) is 1. The predicted molar refractivity (Wildman–Crippen MR) is 98.6 cm³/mol. The van der Waals surface area contributed by atoms with Crippen molar-refractivity contribution in [1.82, 2.24) is 0 Å². The Morgan fingerprint density at radius 1 is 1.35 bits per heavy atom. The van der Waals surface area contributed by atoms with Gasteiger partial charge in [-0.2, -0.15) is 0 Å². The molecular weight excluding hydrogens is 356 g/mol. The second kappa shape index (κ2) is 8.14. The third-order valence-electron chi connectivity index (χ3n) is 2.92. The van der Waals surface area contributed by atoms with Crippen LogP contribution in [0.2, 0.25) is 5.02 Å². The number of nitrogens with zero attached hydrogens (tertiary/aromatic N) is 1. The lowest BCUT2D eigenvalue weighted by Gasteiger charge is -2.08. The van der Waals surface area contributed by atoms with Gasteiger partial charge in [-0.1, -0.05) is 47.7 Å². The van der Waals surface area contributed by atoms with Crippen molar-refractivity contribution in [2.75, 3.05) is 12.4 Å². The van der Waals surface area contributed by atoms with E-state index in [1.165, 1.54) is 23.9 Å². The number of nitro benzene ring substituents is 1. The molecule has 2 rings (SSSR count). The van der Waals surface area contributed by atoms with Crippen molar-refractivity contribution in [2.24, 2.45) is 0 Å². The topological polar surface area (TPSA) is 64.4 Å². The Kier molecular flexibility index (Phi) is 6.20. The fourth-order valence-electron chi connectivity index (χ4n) is 1.75. The van der Waals surface area contributed by atoms with Crippen molar-refractivity contribution < 1.29 is 9.66 Å². The molecule has 0 radical (unpaired) electrons. The van der Waals surface area contributed by atoms with E-state index in [0.717, 1.165) is 11.3 Å². The number of anilines is 1. The number of thioether (sulfide) groups is 1. The van der Waals surface area contributed by atoms with Gasteiger partial charge in [-0.05, 0) is 29.8 Å². The highest BCUT2D eigenvalue weighted by atomic mass is 35.5. The van der Waals surface area contributed by atoms with Crippen LogP contribution in [0.25, 0.3) is 0 Å². The number of thiocarbonyl (C=S) groups is 1. The van der Waals surface area contributed by atoms with Gasteiger partial charge in [-0.25, -0.2) is 0 Å². The minimum Gasteiger partial charge on any atom is -0.497 e. The van der Waals surface area contributed by atoms with Gasteiger partial charge in [0.2, 0.25) is 0 Å². The maximum atomic E-state index is 10.9. The molecule has 0 amide bonds. The van der Waals surface area contributed by atoms with Crippen molar-refractivity contribution in [3.8, 4) is 5.75 Å². The van der Waals surface area contributed by atoms with Crippen molar-refractivity contribution in [3.05, 3.63) is 63.2 Å². The Hall–Kier alpha value is -1.83. The van der Waals surface area contributed by atoms with E-state index in [1.807, 2.05) is 24.3 Å². The minimum absolute atomic E-state index is 0.0948. The number of hydrogen-bond donors (Lipinski definition) is 1. The van der Waals surface area contributed by atoms with E-state index in [9.17, 15) is 10.1 Å². The number of halogens is 1. The third-order valence-corrected chi connectivity index (χ3v) is 4.54. The lowest BCUT2D eigenvalue weighted by atomic mass is 10.2. The second-order valence-electron chi connectivity index (χ2n) is 4.47. The number of rotatable bonds is 5. The molecule has 0 unspecified atom stereocenters. The zero-order chi connectivity index (χ0) is 16.8. The number of methoxy groups -OCH3 is 1. The normalized spacial score (nSPS) is 10.2. The number of benzene rings is 2. The number of ether oxygens (including phenoxy) is 1. The summed E-state index contributed by atoms with van der Waals surface area (Å²) in [7, 11) is 1.62. The zero-order valence-corrected chi connectivity index (χ0v) is 14.5. The molecule has 2 aromatic carbocycles. The van der Waals surface area contributed by atoms with Crippen LogP contribution >= 0.6 is 35.6 Å². The van der Waals surface area contributed by atoms with Gasteiger partial charge in [-0.15, -0.1) is 0 Å². The van der Waals surface area contributed by atoms with Crippen LogP contribution in [0.3, 0.4) is 0 Å². The summed E-state index contributed by atoms with van der Waals surface area (Å²) in [4.78, 5) is 10.3. The van der Waals surface area contributed by atoms with Gasteiger partial charge in [0.15, 0.2) is 0 Å². The molecule has 0 aliphatic heterocycles. The van der Waals surface area contributed by atoms with Gasteiger partial charge in [0, 0.05) is 17.5 Å². The highest BCUT2D eigenvalue weighted by Crippen LogP contribution is 2.28. The van der Waals surface area contributed by atoms with Crippen molar-refractivity contribution in [2.45, 2.75) is 5.75 Å². The lowest BCUT2D eigenvalue weighted by Crippen LogP contribution is -2.05. The SMILES string of the molecule is COc1ccc(CSC(=S)Nc2ccc(Cl)c([N+](=O)[O-])c2)cc1. The van der Waals surface area contributed by atoms with Crippen LogP contribution in [0.15, 0.2) is 42.5 Å². The molecular formula is C15H13ClN2O3S2. The fourth-order valence-corrected chi connectivity index (χ4v) is 2.92. The van der Waals surface area contributed by atoms with E-state index in [2.05, 4.69) is 5.32 Å². The molecule has 0 heterocycles. The van der Waals surface area contributed by atoms with E-state index < -0.39 is 4.92 Å².